The molecule has 3 aromatic heterocycles. The van der Waals surface area contributed by atoms with Gasteiger partial charge in [-0.1, -0.05) is 5.16 Å². The summed E-state index contributed by atoms with van der Waals surface area (Å²) in [5.41, 5.74) is 1.78. The summed E-state index contributed by atoms with van der Waals surface area (Å²) in [4.78, 5) is 13.5. The van der Waals surface area contributed by atoms with Crippen molar-refractivity contribution < 1.29 is 4.52 Å². The van der Waals surface area contributed by atoms with Gasteiger partial charge in [0.1, 0.15) is 0 Å². The molecule has 0 atom stereocenters. The van der Waals surface area contributed by atoms with E-state index in [0.717, 1.165) is 4.88 Å². The number of aryl methyl sites for hydroxylation is 1. The van der Waals surface area contributed by atoms with E-state index >= 15 is 0 Å². The lowest BCUT2D eigenvalue weighted by Gasteiger charge is -1.95. The number of nitrogens with zero attached hydrogens (tertiary/aromatic N) is 5. The van der Waals surface area contributed by atoms with Crippen LogP contribution in [0.1, 0.15) is 4.88 Å². The van der Waals surface area contributed by atoms with E-state index < -0.39 is 0 Å². The second kappa shape index (κ2) is 4.57. The average Bonchev–Trinajstić information content (AvgIpc) is 3.07. The first kappa shape index (κ1) is 10.9. The molecule has 0 saturated carbocycles. The molecular weight excluding hydrogens is 252 g/mol. The molecule has 0 amide bonds. The molecule has 0 aliphatic carbocycles. The topological polar surface area (TPSA) is 81.7 Å². The third kappa shape index (κ3) is 2.09. The van der Waals surface area contributed by atoms with Crippen LogP contribution in [-0.4, -0.2) is 24.7 Å². The second-order valence-corrected chi connectivity index (χ2v) is 4.58. The molecule has 7 nitrogen and oxygen atoms in total. The van der Waals surface area contributed by atoms with Crippen LogP contribution in [0.3, 0.4) is 0 Å². The highest BCUT2D eigenvalue weighted by atomic mass is 32.1. The van der Waals surface area contributed by atoms with Crippen molar-refractivity contribution in [3.05, 3.63) is 29.0 Å². The largest absolute Gasteiger partial charge is 0.333 e. The molecule has 1 N–H and O–H groups in total. The molecule has 0 aliphatic heterocycles. The van der Waals surface area contributed by atoms with E-state index in [1.807, 2.05) is 17.8 Å². The number of imidazole rings is 1. The summed E-state index contributed by atoms with van der Waals surface area (Å²) in [5.74, 6) is 1.14. The second-order valence-electron chi connectivity index (χ2n) is 3.61. The Morgan fingerprint density at radius 2 is 2.44 bits per heavy atom. The van der Waals surface area contributed by atoms with E-state index in [4.69, 9.17) is 4.52 Å². The normalized spacial score (nSPS) is 10.7. The Hall–Kier alpha value is -2.22. The minimum Gasteiger partial charge on any atom is -0.333 e. The summed E-state index contributed by atoms with van der Waals surface area (Å²) in [6.07, 6.45) is 5.32. The average molecular weight is 262 g/mol. The molecule has 0 bridgehead atoms. The Labute approximate surface area is 107 Å². The Balaban J connectivity index is 1.72. The van der Waals surface area contributed by atoms with Crippen LogP contribution in [0.25, 0.3) is 11.6 Å². The zero-order chi connectivity index (χ0) is 12.4. The highest BCUT2D eigenvalue weighted by Crippen LogP contribution is 2.15. The van der Waals surface area contributed by atoms with Crippen molar-refractivity contribution in [2.45, 2.75) is 6.54 Å². The summed E-state index contributed by atoms with van der Waals surface area (Å²) < 4.78 is 6.93. The summed E-state index contributed by atoms with van der Waals surface area (Å²) in [6.45, 7) is 0.618. The molecule has 3 heterocycles. The first-order chi connectivity index (χ1) is 8.83. The van der Waals surface area contributed by atoms with Crippen molar-refractivity contribution in [2.75, 3.05) is 5.32 Å². The summed E-state index contributed by atoms with van der Waals surface area (Å²) in [5, 5.41) is 6.92. The maximum absolute atomic E-state index is 5.10. The van der Waals surface area contributed by atoms with Crippen LogP contribution >= 0.6 is 11.3 Å². The fourth-order valence-corrected chi connectivity index (χ4v) is 1.99. The number of hydrogen-bond acceptors (Lipinski definition) is 7. The molecule has 0 aromatic carbocycles. The van der Waals surface area contributed by atoms with Gasteiger partial charge in [-0.3, -0.25) is 4.98 Å². The molecule has 0 spiro atoms. The Morgan fingerprint density at radius 3 is 3.17 bits per heavy atom. The molecule has 0 aliphatic rings. The lowest BCUT2D eigenvalue weighted by atomic mass is 10.5. The van der Waals surface area contributed by atoms with E-state index in [9.17, 15) is 0 Å². The highest BCUT2D eigenvalue weighted by Gasteiger charge is 2.12. The number of nitrogens with one attached hydrogen (secondary N) is 1. The van der Waals surface area contributed by atoms with Gasteiger partial charge in [-0.25, -0.2) is 4.98 Å². The third-order valence-corrected chi connectivity index (χ3v) is 3.12. The van der Waals surface area contributed by atoms with Gasteiger partial charge in [-0.15, -0.1) is 11.3 Å². The maximum Gasteiger partial charge on any atom is 0.322 e. The van der Waals surface area contributed by atoms with Crippen LogP contribution in [0.2, 0.25) is 0 Å². The van der Waals surface area contributed by atoms with Crippen molar-refractivity contribution in [3.8, 4) is 11.6 Å². The number of rotatable bonds is 4. The van der Waals surface area contributed by atoms with E-state index in [1.54, 1.807) is 29.2 Å². The Bertz CT molecular complexity index is 628. The Kier molecular flexibility index (Phi) is 2.77. The van der Waals surface area contributed by atoms with E-state index in [-0.39, 0.29) is 0 Å². The zero-order valence-corrected chi connectivity index (χ0v) is 10.4. The van der Waals surface area contributed by atoms with Crippen LogP contribution in [0.5, 0.6) is 0 Å². The van der Waals surface area contributed by atoms with E-state index in [2.05, 4.69) is 25.4 Å². The predicted molar refractivity (Wildman–Crippen MR) is 65.9 cm³/mol. The fraction of sp³-hybridized carbons (Fsp3) is 0.200. The first-order valence-electron chi connectivity index (χ1n) is 5.25. The van der Waals surface area contributed by atoms with Gasteiger partial charge in [0.05, 0.1) is 12.1 Å². The molecule has 0 unspecified atom stereocenters. The number of hydrogen-bond donors (Lipinski definition) is 1. The van der Waals surface area contributed by atoms with E-state index in [0.29, 0.717) is 24.2 Å². The number of thiazole rings is 1. The van der Waals surface area contributed by atoms with Gasteiger partial charge in [-0.2, -0.15) is 4.98 Å². The van der Waals surface area contributed by atoms with Crippen LogP contribution in [0.15, 0.2) is 28.6 Å². The van der Waals surface area contributed by atoms with Gasteiger partial charge in [0, 0.05) is 30.5 Å². The minimum absolute atomic E-state index is 0.376. The summed E-state index contributed by atoms with van der Waals surface area (Å²) in [6, 6.07) is 0.376. The van der Waals surface area contributed by atoms with Gasteiger partial charge in [0.2, 0.25) is 5.82 Å². The number of aromatic nitrogens is 5. The van der Waals surface area contributed by atoms with Gasteiger partial charge in [0.25, 0.3) is 0 Å². The highest BCUT2D eigenvalue weighted by molar-refractivity contribution is 7.09. The lowest BCUT2D eigenvalue weighted by molar-refractivity contribution is 0.431. The molecule has 0 saturated heterocycles. The molecule has 8 heteroatoms. The smallest absolute Gasteiger partial charge is 0.322 e. The van der Waals surface area contributed by atoms with Gasteiger partial charge >= 0.3 is 6.01 Å². The SMILES string of the molecule is Cn1ccnc1-c1noc(NCc2cncs2)n1. The predicted octanol–water partition coefficient (Wildman–Crippen LogP) is 1.54. The summed E-state index contributed by atoms with van der Waals surface area (Å²) in [7, 11) is 1.88. The van der Waals surface area contributed by atoms with Crippen molar-refractivity contribution in [2.24, 2.45) is 7.05 Å². The van der Waals surface area contributed by atoms with Crippen molar-refractivity contribution in [1.29, 1.82) is 0 Å². The van der Waals surface area contributed by atoms with Crippen LogP contribution < -0.4 is 5.32 Å². The van der Waals surface area contributed by atoms with E-state index in [1.165, 1.54) is 0 Å². The zero-order valence-electron chi connectivity index (χ0n) is 9.57. The van der Waals surface area contributed by atoms with Gasteiger partial charge in [0.15, 0.2) is 5.82 Å². The fourth-order valence-electron chi connectivity index (χ4n) is 1.46. The molecular formula is C10H10N6OS. The van der Waals surface area contributed by atoms with Crippen molar-refractivity contribution in [3.63, 3.8) is 0 Å². The lowest BCUT2D eigenvalue weighted by Crippen LogP contribution is -1.98. The third-order valence-electron chi connectivity index (χ3n) is 2.34. The van der Waals surface area contributed by atoms with Crippen LogP contribution in [0, 0.1) is 0 Å². The monoisotopic (exact) mass is 262 g/mol. The van der Waals surface area contributed by atoms with Crippen LogP contribution in [0.4, 0.5) is 6.01 Å². The Morgan fingerprint density at radius 1 is 1.50 bits per heavy atom. The van der Waals surface area contributed by atoms with Crippen LogP contribution in [-0.2, 0) is 13.6 Å². The standard InChI is InChI=1S/C10H10N6OS/c1-16-3-2-12-9(16)8-14-10(17-15-8)13-5-7-4-11-6-18-7/h2-4,6H,5H2,1H3,(H,13,14,15). The van der Waals surface area contributed by atoms with Gasteiger partial charge in [-0.05, 0) is 0 Å². The maximum atomic E-state index is 5.10. The molecule has 18 heavy (non-hydrogen) atoms. The molecule has 3 rings (SSSR count). The molecule has 92 valence electrons. The van der Waals surface area contributed by atoms with Crippen molar-refractivity contribution in [1.82, 2.24) is 24.7 Å². The van der Waals surface area contributed by atoms with Crippen molar-refractivity contribution >= 4 is 17.4 Å². The van der Waals surface area contributed by atoms with Gasteiger partial charge < -0.3 is 14.4 Å². The molecule has 0 fully saturated rings. The quantitative estimate of drug-likeness (QED) is 0.768. The number of anilines is 1. The molecule has 3 aromatic rings. The first-order valence-corrected chi connectivity index (χ1v) is 6.13. The minimum atomic E-state index is 0.376. The summed E-state index contributed by atoms with van der Waals surface area (Å²) >= 11 is 1.57. The molecule has 0 radical (unpaired) electrons.